The number of nitrogens with two attached hydrogens (primary N) is 1. The Hall–Kier alpha value is -2.02. The van der Waals surface area contributed by atoms with E-state index in [4.69, 9.17) is 5.84 Å². The highest BCUT2D eigenvalue weighted by atomic mass is 32.2. The van der Waals surface area contributed by atoms with Crippen LogP contribution >= 0.6 is 11.8 Å². The first-order chi connectivity index (χ1) is 10.5. The van der Waals surface area contributed by atoms with Gasteiger partial charge in [-0.05, 0) is 31.0 Å². The van der Waals surface area contributed by atoms with E-state index >= 15 is 0 Å². The molecular weight excluding hydrogens is 298 g/mol. The first-order valence-corrected chi connectivity index (χ1v) is 8.18. The van der Waals surface area contributed by atoms with Crippen molar-refractivity contribution < 1.29 is 4.79 Å². The molecular formula is C15H21N5OS. The molecule has 0 saturated carbocycles. The molecule has 2 rings (SSSR count). The van der Waals surface area contributed by atoms with Crippen LogP contribution in [0.1, 0.15) is 32.2 Å². The van der Waals surface area contributed by atoms with E-state index in [1.165, 1.54) is 22.0 Å². The van der Waals surface area contributed by atoms with Crippen LogP contribution < -0.4 is 11.2 Å². The number of aryl methyl sites for hydroxylation is 2. The van der Waals surface area contributed by atoms with E-state index in [1.807, 2.05) is 38.1 Å². The molecule has 1 aromatic carbocycles. The molecule has 0 aliphatic rings. The SMILES string of the molecule is CCc1ccc(NC(=O)[C@H](C)Sc2nnc(CC)n2N)cc1. The Morgan fingerprint density at radius 1 is 1.27 bits per heavy atom. The average molecular weight is 319 g/mol. The summed E-state index contributed by atoms with van der Waals surface area (Å²) in [5, 5.41) is 11.1. The Morgan fingerprint density at radius 3 is 2.50 bits per heavy atom. The molecule has 3 N–H and O–H groups in total. The number of hydrogen-bond donors (Lipinski definition) is 2. The monoisotopic (exact) mass is 319 g/mol. The van der Waals surface area contributed by atoms with Crippen LogP contribution in [0.15, 0.2) is 29.4 Å². The summed E-state index contributed by atoms with van der Waals surface area (Å²) in [5.41, 5.74) is 2.03. The van der Waals surface area contributed by atoms with E-state index in [1.54, 1.807) is 0 Å². The molecule has 0 spiro atoms. The van der Waals surface area contributed by atoms with Gasteiger partial charge in [0.05, 0.1) is 5.25 Å². The van der Waals surface area contributed by atoms with E-state index in [2.05, 4.69) is 22.4 Å². The second-order valence-corrected chi connectivity index (χ2v) is 6.23. The van der Waals surface area contributed by atoms with Gasteiger partial charge in [0, 0.05) is 12.1 Å². The van der Waals surface area contributed by atoms with Crippen molar-refractivity contribution >= 4 is 23.4 Å². The molecule has 1 amide bonds. The average Bonchev–Trinajstić information content (AvgIpc) is 2.88. The molecule has 1 atom stereocenters. The lowest BCUT2D eigenvalue weighted by molar-refractivity contribution is -0.115. The molecule has 2 aromatic rings. The molecule has 0 fully saturated rings. The number of nitrogen functional groups attached to an aromatic ring is 1. The maximum absolute atomic E-state index is 12.2. The molecule has 6 nitrogen and oxygen atoms in total. The van der Waals surface area contributed by atoms with Crippen molar-refractivity contribution in [1.29, 1.82) is 0 Å². The molecule has 7 heteroatoms. The van der Waals surface area contributed by atoms with Crippen molar-refractivity contribution in [2.75, 3.05) is 11.2 Å². The summed E-state index contributed by atoms with van der Waals surface area (Å²) in [7, 11) is 0. The maximum Gasteiger partial charge on any atom is 0.237 e. The fourth-order valence-electron chi connectivity index (χ4n) is 1.91. The smallest absolute Gasteiger partial charge is 0.237 e. The van der Waals surface area contributed by atoms with E-state index in [0.717, 1.165) is 12.1 Å². The largest absolute Gasteiger partial charge is 0.336 e. The number of nitrogens with zero attached hydrogens (tertiary/aromatic N) is 3. The highest BCUT2D eigenvalue weighted by Gasteiger charge is 2.19. The van der Waals surface area contributed by atoms with E-state index in [-0.39, 0.29) is 11.2 Å². The van der Waals surface area contributed by atoms with Crippen LogP contribution in [0.3, 0.4) is 0 Å². The summed E-state index contributed by atoms with van der Waals surface area (Å²) >= 11 is 1.29. The van der Waals surface area contributed by atoms with Crippen LogP contribution in [-0.2, 0) is 17.6 Å². The van der Waals surface area contributed by atoms with Gasteiger partial charge in [-0.15, -0.1) is 10.2 Å². The first-order valence-electron chi connectivity index (χ1n) is 7.31. The molecule has 22 heavy (non-hydrogen) atoms. The van der Waals surface area contributed by atoms with Crippen LogP contribution in [-0.4, -0.2) is 26.0 Å². The molecule has 1 heterocycles. The predicted molar refractivity (Wildman–Crippen MR) is 89.3 cm³/mol. The lowest BCUT2D eigenvalue weighted by atomic mass is 10.1. The van der Waals surface area contributed by atoms with Crippen LogP contribution in [0.2, 0.25) is 0 Å². The number of carbonyl (C=O) groups is 1. The first kappa shape index (κ1) is 16.4. The summed E-state index contributed by atoms with van der Waals surface area (Å²) in [4.78, 5) is 12.2. The van der Waals surface area contributed by atoms with Gasteiger partial charge in [-0.1, -0.05) is 37.7 Å². The normalized spacial score (nSPS) is 12.1. The number of benzene rings is 1. The predicted octanol–water partition coefficient (Wildman–Crippen LogP) is 2.24. The van der Waals surface area contributed by atoms with Gasteiger partial charge in [0.15, 0.2) is 5.82 Å². The minimum absolute atomic E-state index is 0.0877. The van der Waals surface area contributed by atoms with Crippen molar-refractivity contribution in [2.24, 2.45) is 0 Å². The third kappa shape index (κ3) is 3.79. The number of carbonyl (C=O) groups excluding carboxylic acids is 1. The summed E-state index contributed by atoms with van der Waals surface area (Å²) in [6.07, 6.45) is 1.68. The van der Waals surface area contributed by atoms with Gasteiger partial charge < -0.3 is 11.2 Å². The number of thioether (sulfide) groups is 1. The third-order valence-corrected chi connectivity index (χ3v) is 4.39. The van der Waals surface area contributed by atoms with E-state index in [9.17, 15) is 4.79 Å². The lowest BCUT2D eigenvalue weighted by Crippen LogP contribution is -2.23. The van der Waals surface area contributed by atoms with E-state index in [0.29, 0.717) is 17.4 Å². The number of hydrogen-bond acceptors (Lipinski definition) is 5. The quantitative estimate of drug-likeness (QED) is 0.630. The van der Waals surface area contributed by atoms with Crippen LogP contribution in [0.5, 0.6) is 0 Å². The van der Waals surface area contributed by atoms with Crippen LogP contribution in [0.25, 0.3) is 0 Å². The van der Waals surface area contributed by atoms with Crippen LogP contribution in [0, 0.1) is 0 Å². The molecule has 0 bridgehead atoms. The number of amides is 1. The van der Waals surface area contributed by atoms with Gasteiger partial charge in [0.2, 0.25) is 11.1 Å². The van der Waals surface area contributed by atoms with Gasteiger partial charge in [0.1, 0.15) is 0 Å². The number of rotatable bonds is 6. The van der Waals surface area contributed by atoms with Crippen molar-refractivity contribution in [3.05, 3.63) is 35.7 Å². The third-order valence-electron chi connectivity index (χ3n) is 3.33. The fraction of sp³-hybridized carbons (Fsp3) is 0.400. The fourth-order valence-corrected chi connectivity index (χ4v) is 2.70. The standard InChI is InChI=1S/C15H21N5OS/c1-4-11-6-8-12(9-7-11)17-14(21)10(3)22-15-19-18-13(5-2)20(15)16/h6-10H,4-5,16H2,1-3H3,(H,17,21)/t10-/m0/s1. The Morgan fingerprint density at radius 2 is 1.95 bits per heavy atom. The van der Waals surface area contributed by atoms with Crippen molar-refractivity contribution in [1.82, 2.24) is 14.9 Å². The Kier molecular flexibility index (Phi) is 5.43. The Labute approximate surface area is 134 Å². The molecule has 0 aliphatic heterocycles. The van der Waals surface area contributed by atoms with Crippen molar-refractivity contribution in [2.45, 2.75) is 44.0 Å². The maximum atomic E-state index is 12.2. The second kappa shape index (κ2) is 7.31. The minimum Gasteiger partial charge on any atom is -0.336 e. The Bertz CT molecular complexity index is 638. The number of aromatic nitrogens is 3. The van der Waals surface area contributed by atoms with E-state index < -0.39 is 0 Å². The van der Waals surface area contributed by atoms with Gasteiger partial charge >= 0.3 is 0 Å². The molecule has 1 aromatic heterocycles. The van der Waals surface area contributed by atoms with Gasteiger partial charge in [-0.2, -0.15) is 0 Å². The molecule has 0 unspecified atom stereocenters. The highest BCUT2D eigenvalue weighted by molar-refractivity contribution is 8.00. The van der Waals surface area contributed by atoms with Gasteiger partial charge in [-0.25, -0.2) is 4.68 Å². The van der Waals surface area contributed by atoms with Crippen LogP contribution in [0.4, 0.5) is 5.69 Å². The minimum atomic E-state index is -0.318. The van der Waals surface area contributed by atoms with Gasteiger partial charge in [-0.3, -0.25) is 4.79 Å². The molecule has 0 aliphatic carbocycles. The number of anilines is 1. The molecule has 118 valence electrons. The zero-order valence-corrected chi connectivity index (χ0v) is 13.9. The highest BCUT2D eigenvalue weighted by Crippen LogP contribution is 2.22. The van der Waals surface area contributed by atoms with Crippen molar-refractivity contribution in [3.8, 4) is 0 Å². The Balaban J connectivity index is 1.97. The van der Waals surface area contributed by atoms with Crippen molar-refractivity contribution in [3.63, 3.8) is 0 Å². The summed E-state index contributed by atoms with van der Waals surface area (Å²) in [6.45, 7) is 5.87. The second-order valence-electron chi connectivity index (χ2n) is 4.92. The molecule has 0 radical (unpaired) electrons. The molecule has 0 saturated heterocycles. The summed E-state index contributed by atoms with van der Waals surface area (Å²) in [6, 6.07) is 7.85. The van der Waals surface area contributed by atoms with Gasteiger partial charge in [0.25, 0.3) is 0 Å². The summed E-state index contributed by atoms with van der Waals surface area (Å²) < 4.78 is 1.44. The zero-order valence-electron chi connectivity index (χ0n) is 13.0. The lowest BCUT2D eigenvalue weighted by Gasteiger charge is -2.11. The zero-order chi connectivity index (χ0) is 16.1. The summed E-state index contributed by atoms with van der Waals surface area (Å²) in [5.74, 6) is 6.50. The topological polar surface area (TPSA) is 85.8 Å². The number of nitrogens with one attached hydrogen (secondary N) is 1.